The molecule has 0 fully saturated rings. The van der Waals surface area contributed by atoms with E-state index in [1.807, 2.05) is 0 Å². The van der Waals surface area contributed by atoms with Gasteiger partial charge in [-0.15, -0.1) is 22.7 Å². The maximum absolute atomic E-state index is 13.3. The summed E-state index contributed by atoms with van der Waals surface area (Å²) in [5.74, 6) is -7.21. The van der Waals surface area contributed by atoms with E-state index in [9.17, 15) is 39.0 Å². The molecule has 4 N–H and O–H groups in total. The number of hydrogen-bond acceptors (Lipinski definition) is 16. The van der Waals surface area contributed by atoms with Crippen LogP contribution in [0.5, 0.6) is 0 Å². The number of fused-ring (bicyclic) bond motifs is 2. The summed E-state index contributed by atoms with van der Waals surface area (Å²) in [7, 11) is 3.17. The Bertz CT molecular complexity index is 2900. The molecular weight excluding hydrogens is 1180 g/mol. The fourth-order valence-corrected chi connectivity index (χ4v) is 11.1. The predicted octanol–water partition coefficient (Wildman–Crippen LogP) is 3.16. The minimum Gasteiger partial charge on any atom is -0.547 e. The molecule has 0 spiro atoms. The molecule has 0 saturated heterocycles. The number of carboxylic acid groups (broad SMARTS) is 4. The monoisotopic (exact) mass is 1270 g/mol. The fraction of sp³-hybridized carbons (Fsp3) is 0.485. The zero-order valence-electron chi connectivity index (χ0n) is 52.6. The van der Waals surface area contributed by atoms with Gasteiger partial charge in [-0.1, -0.05) is 49.2 Å². The van der Waals surface area contributed by atoms with Crippen molar-refractivity contribution < 1.29 is 127 Å². The fourth-order valence-electron chi connectivity index (χ4n) is 9.59. The number of amides is 2. The third kappa shape index (κ3) is 27.7. The summed E-state index contributed by atoms with van der Waals surface area (Å²) < 4.78 is 24.1. The van der Waals surface area contributed by atoms with Gasteiger partial charge in [0, 0.05) is 74.3 Å². The van der Waals surface area contributed by atoms with Crippen molar-refractivity contribution in [1.29, 1.82) is 0 Å². The zero-order chi connectivity index (χ0) is 62.4. The van der Waals surface area contributed by atoms with E-state index >= 15 is 0 Å². The maximum Gasteiger partial charge on any atom is 1.00 e. The number of hydrogen-bond donors (Lipinski definition) is 4. The summed E-state index contributed by atoms with van der Waals surface area (Å²) in [6, 6.07) is 29.6. The number of carbonyl (C=O) groups excluding carboxylic acids is 4. The molecule has 0 aliphatic rings. The summed E-state index contributed by atoms with van der Waals surface area (Å²) in [5, 5.41) is 55.1. The Balaban J connectivity index is 0.000000450. The van der Waals surface area contributed by atoms with Gasteiger partial charge in [0.1, 0.15) is 25.4 Å². The van der Waals surface area contributed by atoms with Crippen molar-refractivity contribution in [3.8, 4) is 0 Å². The van der Waals surface area contributed by atoms with Crippen molar-refractivity contribution >= 4 is 89.9 Å². The number of nitrogens with one attached hydrogen (secondary N) is 2. The van der Waals surface area contributed by atoms with Gasteiger partial charge in [-0.3, -0.25) is 9.59 Å². The van der Waals surface area contributed by atoms with Crippen LogP contribution in [0.3, 0.4) is 0 Å². The minimum atomic E-state index is -1.83. The number of carbonyl (C=O) groups is 6. The molecule has 18 nitrogen and oxygen atoms in total. The number of aryl methyl sites for hydroxylation is 6. The Morgan fingerprint density at radius 1 is 0.466 bits per heavy atom. The van der Waals surface area contributed by atoms with Crippen LogP contribution in [0.25, 0.3) is 20.2 Å². The van der Waals surface area contributed by atoms with Crippen LogP contribution >= 0.6 is 22.7 Å². The second-order valence-corrected chi connectivity index (χ2v) is 23.7. The number of carboxylic acids is 4. The standard InChI is InChI=1S/2C33H44N2O7S.2Na/c2*1-23-11-12-25(20-24(23)2)10-6-4-9-18-41-30(31(33(39)40)42-22-29(36)37)32(38)35(3)17-8-5-7-16-34-27-13-14-28-26(21-27)15-19-43-28;;/h2*11-15,19-21,30-31,34H,4-10,16-18,22H2,1-3H3,(H,36,37)(H,39,40);;/q;;2*+1/p-2/t2*30-,31-;;/m11../s1. The number of benzene rings is 4. The van der Waals surface area contributed by atoms with E-state index < -0.39 is 73.3 Å². The minimum absolute atomic E-state index is 0. The number of ether oxygens (including phenoxy) is 4. The van der Waals surface area contributed by atoms with E-state index in [2.05, 4.69) is 134 Å². The Kier molecular flexibility index (Phi) is 37.1. The quantitative estimate of drug-likeness (QED) is 0.0318. The maximum atomic E-state index is 13.3. The molecule has 88 heavy (non-hydrogen) atoms. The van der Waals surface area contributed by atoms with Gasteiger partial charge in [-0.05, 0) is 208 Å². The van der Waals surface area contributed by atoms with Gasteiger partial charge in [-0.2, -0.15) is 0 Å². The summed E-state index contributed by atoms with van der Waals surface area (Å²) in [6.07, 6.45) is 4.82. The average molecular weight is 1270 g/mol. The molecule has 6 aromatic rings. The molecular formula is C66H86N4Na2O14S2. The summed E-state index contributed by atoms with van der Waals surface area (Å²) in [6.45, 7) is 9.24. The van der Waals surface area contributed by atoms with Gasteiger partial charge in [-0.25, -0.2) is 9.59 Å². The van der Waals surface area contributed by atoms with Crippen molar-refractivity contribution in [2.75, 3.05) is 77.3 Å². The van der Waals surface area contributed by atoms with Crippen molar-refractivity contribution in [2.45, 2.75) is 142 Å². The predicted molar refractivity (Wildman–Crippen MR) is 335 cm³/mol. The van der Waals surface area contributed by atoms with Crippen LogP contribution in [-0.4, -0.2) is 147 Å². The van der Waals surface area contributed by atoms with E-state index in [0.717, 1.165) is 88.7 Å². The van der Waals surface area contributed by atoms with Crippen LogP contribution in [0.2, 0.25) is 0 Å². The number of aliphatic carboxylic acids is 4. The molecule has 0 radical (unpaired) electrons. The van der Waals surface area contributed by atoms with Crippen LogP contribution < -0.4 is 80.0 Å². The van der Waals surface area contributed by atoms with Gasteiger partial charge in [0.15, 0.2) is 12.2 Å². The smallest absolute Gasteiger partial charge is 0.547 e. The molecule has 0 unspecified atom stereocenters. The van der Waals surface area contributed by atoms with Crippen LogP contribution in [0.4, 0.5) is 11.4 Å². The van der Waals surface area contributed by atoms with Gasteiger partial charge >= 0.3 is 71.1 Å². The number of anilines is 2. The first-order valence-corrected chi connectivity index (χ1v) is 31.4. The van der Waals surface area contributed by atoms with Crippen molar-refractivity contribution in [2.24, 2.45) is 0 Å². The topological polar surface area (TPSA) is 256 Å². The van der Waals surface area contributed by atoms with Gasteiger partial charge < -0.3 is 69.4 Å². The number of thiophene rings is 2. The molecule has 468 valence electrons. The molecule has 4 atom stereocenters. The molecule has 0 aliphatic carbocycles. The number of nitrogens with zero attached hydrogens (tertiary/aromatic N) is 2. The van der Waals surface area contributed by atoms with Crippen LogP contribution in [0.1, 0.15) is 110 Å². The van der Waals surface area contributed by atoms with Crippen molar-refractivity contribution in [1.82, 2.24) is 9.80 Å². The van der Waals surface area contributed by atoms with Crippen molar-refractivity contribution in [3.63, 3.8) is 0 Å². The molecule has 0 aliphatic heterocycles. The van der Waals surface area contributed by atoms with Crippen LogP contribution in [0, 0.1) is 27.7 Å². The Labute approximate surface area is 570 Å². The first-order chi connectivity index (χ1) is 41.3. The summed E-state index contributed by atoms with van der Waals surface area (Å²) in [4.78, 5) is 75.1. The van der Waals surface area contributed by atoms with Gasteiger partial charge in [0.05, 0.1) is 11.9 Å². The Hall–Kier alpha value is -4.94. The Morgan fingerprint density at radius 2 is 0.852 bits per heavy atom. The molecule has 2 heterocycles. The Morgan fingerprint density at radius 3 is 1.22 bits per heavy atom. The van der Waals surface area contributed by atoms with Gasteiger partial charge in [0.25, 0.3) is 11.8 Å². The molecule has 0 saturated carbocycles. The molecule has 0 bridgehead atoms. The molecule has 4 aromatic carbocycles. The molecule has 6 rings (SSSR count). The number of rotatable bonds is 40. The molecule has 2 aromatic heterocycles. The number of unbranched alkanes of at least 4 members (excludes halogenated alkanes) is 8. The molecule has 2 amide bonds. The third-order valence-corrected chi connectivity index (χ3v) is 16.7. The van der Waals surface area contributed by atoms with E-state index in [1.165, 1.54) is 63.4 Å². The van der Waals surface area contributed by atoms with E-state index in [1.54, 1.807) is 36.8 Å². The van der Waals surface area contributed by atoms with Gasteiger partial charge in [0.2, 0.25) is 0 Å². The van der Waals surface area contributed by atoms with E-state index in [0.29, 0.717) is 38.8 Å². The first-order valence-electron chi connectivity index (χ1n) is 29.7. The molecule has 22 heteroatoms. The van der Waals surface area contributed by atoms with E-state index in [4.69, 9.17) is 29.2 Å². The first kappa shape index (κ1) is 77.3. The van der Waals surface area contributed by atoms with Crippen molar-refractivity contribution in [3.05, 3.63) is 129 Å². The summed E-state index contributed by atoms with van der Waals surface area (Å²) in [5.41, 5.74) is 9.67. The third-order valence-electron chi connectivity index (χ3n) is 14.9. The number of likely N-dealkylation sites (N-methyl/N-ethyl adjacent to an activating group) is 2. The summed E-state index contributed by atoms with van der Waals surface area (Å²) >= 11 is 3.43. The van der Waals surface area contributed by atoms with Crippen LogP contribution in [-0.2, 0) is 60.6 Å². The second-order valence-electron chi connectivity index (χ2n) is 21.8. The second kappa shape index (κ2) is 42.2. The largest absolute Gasteiger partial charge is 1.00 e. The van der Waals surface area contributed by atoms with Crippen LogP contribution in [0.15, 0.2) is 95.7 Å². The van der Waals surface area contributed by atoms with E-state index in [-0.39, 0.29) is 72.3 Å². The zero-order valence-corrected chi connectivity index (χ0v) is 58.2. The SMILES string of the molecule is Cc1ccc(CCCCCO[C@@H](C(=O)N(C)CCCCCNc2ccc3sccc3c2)[C@@H](OCC(=O)O)C(=O)[O-])cc1C.Cc1ccc(CCCCCO[C@@H](C(=O)N(C)CCCCCNc2ccc3sccc3c2)[C@@H](OCC(=O)O)C(=O)[O-])cc1C.[Na+].[Na+]. The average Bonchev–Trinajstić information content (AvgIpc) is 4.31. The normalized spacial score (nSPS) is 12.3.